The Labute approximate surface area is 111 Å². The van der Waals surface area contributed by atoms with Crippen LogP contribution in [0.3, 0.4) is 0 Å². The van der Waals surface area contributed by atoms with Gasteiger partial charge in [-0.3, -0.25) is 0 Å². The number of nitrogens with one attached hydrogen (secondary N) is 1. The second-order valence-corrected chi connectivity index (χ2v) is 4.40. The molecular weight excluding hydrogens is 246 g/mol. The zero-order chi connectivity index (χ0) is 13.0. The third-order valence-corrected chi connectivity index (χ3v) is 2.84. The topological polar surface area (TPSA) is 48.7 Å². The standard InChI is InChI=1S/C14H12ClN3/c1-10(12-3-2-4-13(15)7-12)18-14-6-5-11(8-16)9-17-14/h2-7,9-10H,1H3,(H,17,18). The van der Waals surface area contributed by atoms with Gasteiger partial charge < -0.3 is 5.32 Å². The van der Waals surface area contributed by atoms with Crippen LogP contribution < -0.4 is 5.32 Å². The Morgan fingerprint density at radius 2 is 2.17 bits per heavy atom. The fourth-order valence-electron chi connectivity index (χ4n) is 1.63. The predicted octanol–water partition coefficient (Wildman–Crippen LogP) is 3.78. The number of nitrogens with zero attached hydrogens (tertiary/aromatic N) is 2. The van der Waals surface area contributed by atoms with E-state index in [1.165, 1.54) is 0 Å². The molecule has 1 unspecified atom stereocenters. The molecule has 1 heterocycles. The highest BCUT2D eigenvalue weighted by Crippen LogP contribution is 2.20. The summed E-state index contributed by atoms with van der Waals surface area (Å²) in [6, 6.07) is 13.4. The van der Waals surface area contributed by atoms with Gasteiger partial charge in [0.1, 0.15) is 11.9 Å². The summed E-state index contributed by atoms with van der Waals surface area (Å²) >= 11 is 5.95. The molecule has 0 saturated heterocycles. The number of hydrogen-bond donors (Lipinski definition) is 1. The molecule has 3 nitrogen and oxygen atoms in total. The maximum Gasteiger partial charge on any atom is 0.126 e. The summed E-state index contributed by atoms with van der Waals surface area (Å²) in [6.07, 6.45) is 1.55. The minimum absolute atomic E-state index is 0.101. The van der Waals surface area contributed by atoms with Gasteiger partial charge in [-0.15, -0.1) is 0 Å². The van der Waals surface area contributed by atoms with Crippen LogP contribution in [0.2, 0.25) is 5.02 Å². The largest absolute Gasteiger partial charge is 0.364 e. The van der Waals surface area contributed by atoms with Gasteiger partial charge >= 0.3 is 0 Å². The molecule has 0 fully saturated rings. The molecule has 2 aromatic rings. The first-order valence-corrected chi connectivity index (χ1v) is 5.95. The Balaban J connectivity index is 2.11. The molecule has 1 N–H and O–H groups in total. The molecule has 0 aliphatic carbocycles. The molecule has 1 aromatic heterocycles. The Hall–Kier alpha value is -2.05. The SMILES string of the molecule is CC(Nc1ccc(C#N)cn1)c1cccc(Cl)c1. The number of nitriles is 1. The van der Waals surface area contributed by atoms with E-state index in [2.05, 4.69) is 10.3 Å². The first kappa shape index (κ1) is 12.4. The van der Waals surface area contributed by atoms with E-state index in [0.717, 1.165) is 11.4 Å². The number of aromatic nitrogens is 1. The fraction of sp³-hybridized carbons (Fsp3) is 0.143. The number of halogens is 1. The van der Waals surface area contributed by atoms with Crippen LogP contribution in [-0.4, -0.2) is 4.98 Å². The average Bonchev–Trinajstić information content (AvgIpc) is 2.39. The third-order valence-electron chi connectivity index (χ3n) is 2.61. The second-order valence-electron chi connectivity index (χ2n) is 3.96. The maximum absolute atomic E-state index is 8.69. The molecule has 1 aromatic carbocycles. The third kappa shape index (κ3) is 2.99. The van der Waals surface area contributed by atoms with E-state index in [-0.39, 0.29) is 6.04 Å². The maximum atomic E-state index is 8.69. The van der Waals surface area contributed by atoms with Gasteiger partial charge in [-0.2, -0.15) is 5.26 Å². The molecule has 2 rings (SSSR count). The molecule has 0 spiro atoms. The van der Waals surface area contributed by atoms with Crippen molar-refractivity contribution < 1.29 is 0 Å². The first-order valence-electron chi connectivity index (χ1n) is 5.57. The lowest BCUT2D eigenvalue weighted by Gasteiger charge is -2.15. The van der Waals surface area contributed by atoms with Crippen molar-refractivity contribution in [1.29, 1.82) is 5.26 Å². The summed E-state index contributed by atoms with van der Waals surface area (Å²) in [5.41, 5.74) is 1.64. The molecular formula is C14H12ClN3. The normalized spacial score (nSPS) is 11.6. The lowest BCUT2D eigenvalue weighted by atomic mass is 10.1. The van der Waals surface area contributed by atoms with Crippen LogP contribution in [0.1, 0.15) is 24.1 Å². The van der Waals surface area contributed by atoms with Crippen LogP contribution >= 0.6 is 11.6 Å². The Morgan fingerprint density at radius 1 is 1.33 bits per heavy atom. The zero-order valence-corrected chi connectivity index (χ0v) is 10.6. The molecule has 0 aliphatic heterocycles. The summed E-state index contributed by atoms with van der Waals surface area (Å²) in [5.74, 6) is 0.737. The van der Waals surface area contributed by atoms with Gasteiger partial charge in [-0.05, 0) is 36.8 Å². The minimum atomic E-state index is 0.101. The summed E-state index contributed by atoms with van der Waals surface area (Å²) in [5, 5.41) is 12.7. The number of pyridine rings is 1. The first-order chi connectivity index (χ1) is 8.69. The van der Waals surface area contributed by atoms with Crippen LogP contribution in [0.25, 0.3) is 0 Å². The van der Waals surface area contributed by atoms with Crippen LogP contribution in [0, 0.1) is 11.3 Å². The monoisotopic (exact) mass is 257 g/mol. The average molecular weight is 258 g/mol. The highest BCUT2D eigenvalue weighted by molar-refractivity contribution is 6.30. The van der Waals surface area contributed by atoms with Gasteiger partial charge in [0.2, 0.25) is 0 Å². The molecule has 90 valence electrons. The van der Waals surface area contributed by atoms with Crippen LogP contribution in [-0.2, 0) is 0 Å². The molecule has 0 saturated carbocycles. The number of anilines is 1. The van der Waals surface area contributed by atoms with Crippen molar-refractivity contribution in [2.75, 3.05) is 5.32 Å². The lowest BCUT2D eigenvalue weighted by Crippen LogP contribution is -2.07. The van der Waals surface area contributed by atoms with E-state index in [0.29, 0.717) is 10.6 Å². The van der Waals surface area contributed by atoms with E-state index in [1.807, 2.05) is 37.3 Å². The summed E-state index contributed by atoms with van der Waals surface area (Å²) < 4.78 is 0. The summed E-state index contributed by atoms with van der Waals surface area (Å²) in [6.45, 7) is 2.03. The Kier molecular flexibility index (Phi) is 3.81. The van der Waals surface area contributed by atoms with Crippen molar-refractivity contribution in [1.82, 2.24) is 4.98 Å². The highest BCUT2D eigenvalue weighted by Gasteiger charge is 2.06. The molecule has 0 amide bonds. The van der Waals surface area contributed by atoms with Gasteiger partial charge in [0.05, 0.1) is 5.56 Å². The predicted molar refractivity (Wildman–Crippen MR) is 72.4 cm³/mol. The molecule has 0 radical (unpaired) electrons. The molecule has 0 aliphatic rings. The smallest absolute Gasteiger partial charge is 0.126 e. The number of hydrogen-bond acceptors (Lipinski definition) is 3. The van der Waals surface area contributed by atoms with Gasteiger partial charge in [0.25, 0.3) is 0 Å². The lowest BCUT2D eigenvalue weighted by molar-refractivity contribution is 0.874. The van der Waals surface area contributed by atoms with Crippen LogP contribution in [0.15, 0.2) is 42.6 Å². The van der Waals surface area contributed by atoms with Crippen molar-refractivity contribution in [3.8, 4) is 6.07 Å². The fourth-order valence-corrected chi connectivity index (χ4v) is 1.83. The van der Waals surface area contributed by atoms with Crippen molar-refractivity contribution in [3.05, 3.63) is 58.7 Å². The van der Waals surface area contributed by atoms with Crippen molar-refractivity contribution in [2.45, 2.75) is 13.0 Å². The Morgan fingerprint density at radius 3 is 2.78 bits per heavy atom. The zero-order valence-electron chi connectivity index (χ0n) is 9.89. The summed E-state index contributed by atoms with van der Waals surface area (Å²) in [7, 11) is 0. The van der Waals surface area contributed by atoms with Crippen LogP contribution in [0.4, 0.5) is 5.82 Å². The van der Waals surface area contributed by atoms with Crippen molar-refractivity contribution >= 4 is 17.4 Å². The van der Waals surface area contributed by atoms with E-state index in [1.54, 1.807) is 18.3 Å². The molecule has 1 atom stereocenters. The van der Waals surface area contributed by atoms with Gasteiger partial charge in [0.15, 0.2) is 0 Å². The highest BCUT2D eigenvalue weighted by atomic mass is 35.5. The Bertz CT molecular complexity index is 572. The molecule has 4 heteroatoms. The summed E-state index contributed by atoms with van der Waals surface area (Å²) in [4.78, 5) is 4.17. The van der Waals surface area contributed by atoms with Gasteiger partial charge in [-0.1, -0.05) is 23.7 Å². The van der Waals surface area contributed by atoms with Gasteiger partial charge in [0, 0.05) is 17.3 Å². The molecule has 18 heavy (non-hydrogen) atoms. The minimum Gasteiger partial charge on any atom is -0.364 e. The van der Waals surface area contributed by atoms with Gasteiger partial charge in [-0.25, -0.2) is 4.98 Å². The van der Waals surface area contributed by atoms with Crippen LogP contribution in [0.5, 0.6) is 0 Å². The van der Waals surface area contributed by atoms with E-state index >= 15 is 0 Å². The van der Waals surface area contributed by atoms with Crippen molar-refractivity contribution in [3.63, 3.8) is 0 Å². The molecule has 0 bridgehead atoms. The van der Waals surface area contributed by atoms with E-state index < -0.39 is 0 Å². The number of benzene rings is 1. The van der Waals surface area contributed by atoms with E-state index in [4.69, 9.17) is 16.9 Å². The van der Waals surface area contributed by atoms with Crippen molar-refractivity contribution in [2.24, 2.45) is 0 Å². The van der Waals surface area contributed by atoms with E-state index in [9.17, 15) is 0 Å². The quantitative estimate of drug-likeness (QED) is 0.910. The number of rotatable bonds is 3. The second kappa shape index (κ2) is 5.52.